The zero-order valence-corrected chi connectivity index (χ0v) is 25.9. The molecule has 4 heteroatoms. The third-order valence-electron chi connectivity index (χ3n) is 8.95. The quantitative estimate of drug-likeness (QED) is 0.187. The van der Waals surface area contributed by atoms with Crippen LogP contribution in [-0.4, -0.2) is 20.4 Å². The Morgan fingerprint density at radius 1 is 0.422 bits per heavy atom. The summed E-state index contributed by atoms with van der Waals surface area (Å²) >= 11 is 0. The molecule has 5 aromatic carbocycles. The summed E-state index contributed by atoms with van der Waals surface area (Å²) in [7, 11) is 0. The van der Waals surface area contributed by atoms with Gasteiger partial charge in [-0.1, -0.05) is 127 Å². The summed E-state index contributed by atoms with van der Waals surface area (Å²) < 4.78 is 0. The Kier molecular flexibility index (Phi) is 7.71. The molecule has 7 aromatic rings. The molecule has 2 aromatic heterocycles. The van der Waals surface area contributed by atoms with E-state index in [-0.39, 0.29) is 0 Å². The summed E-state index contributed by atoms with van der Waals surface area (Å²) in [6.45, 7) is 6.78. The van der Waals surface area contributed by atoms with Crippen molar-refractivity contribution < 1.29 is 0 Å². The van der Waals surface area contributed by atoms with E-state index in [4.69, 9.17) is 10.2 Å². The van der Waals surface area contributed by atoms with E-state index in [2.05, 4.69) is 158 Å². The Bertz CT molecular complexity index is 1790. The first-order chi connectivity index (χ1) is 22.1. The predicted octanol–water partition coefficient (Wildman–Crippen LogP) is 9.91. The molecule has 0 saturated carbocycles. The lowest BCUT2D eigenvalue weighted by molar-refractivity contribution is 1.05. The number of nitrogens with zero attached hydrogens (tertiary/aromatic N) is 2. The number of aryl methyl sites for hydroxylation is 2. The van der Waals surface area contributed by atoms with Gasteiger partial charge in [-0.25, -0.2) is 0 Å². The summed E-state index contributed by atoms with van der Waals surface area (Å²) in [6.07, 6.45) is 1.55. The average molecular weight is 585 g/mol. The molecule has 45 heavy (non-hydrogen) atoms. The lowest BCUT2D eigenvalue weighted by Crippen LogP contribution is -2.05. The SMILES string of the molecule is Cc1cc(C)c(Cc2c(-c3ccccc3)n[nH]c2-c2ccccc2)c(C)c1Cc1c(-c2ccccc2)n[nH]c1-c1ccccc1. The van der Waals surface area contributed by atoms with Crippen LogP contribution in [0, 0.1) is 20.8 Å². The minimum atomic E-state index is 0.776. The van der Waals surface area contributed by atoms with Crippen molar-refractivity contribution in [3.8, 4) is 45.0 Å². The highest BCUT2D eigenvalue weighted by molar-refractivity contribution is 5.77. The highest BCUT2D eigenvalue weighted by Gasteiger charge is 2.23. The van der Waals surface area contributed by atoms with Gasteiger partial charge in [0.2, 0.25) is 0 Å². The van der Waals surface area contributed by atoms with Gasteiger partial charge in [0.1, 0.15) is 0 Å². The minimum absolute atomic E-state index is 0.776. The highest BCUT2D eigenvalue weighted by Crippen LogP contribution is 2.37. The zero-order chi connectivity index (χ0) is 30.8. The molecule has 0 amide bonds. The van der Waals surface area contributed by atoms with Gasteiger partial charge in [0.05, 0.1) is 22.8 Å². The van der Waals surface area contributed by atoms with E-state index in [0.29, 0.717) is 0 Å². The second kappa shape index (κ2) is 12.3. The number of hydrogen-bond donors (Lipinski definition) is 2. The highest BCUT2D eigenvalue weighted by atomic mass is 15.1. The predicted molar refractivity (Wildman–Crippen MR) is 185 cm³/mol. The van der Waals surface area contributed by atoms with Crippen LogP contribution in [0.2, 0.25) is 0 Å². The molecule has 2 heterocycles. The number of hydrogen-bond acceptors (Lipinski definition) is 2. The van der Waals surface area contributed by atoms with Gasteiger partial charge in [0.15, 0.2) is 0 Å². The van der Waals surface area contributed by atoms with Crippen LogP contribution in [0.1, 0.15) is 38.9 Å². The van der Waals surface area contributed by atoms with Crippen LogP contribution in [0.5, 0.6) is 0 Å². The molecule has 0 aliphatic heterocycles. The maximum absolute atomic E-state index is 4.87. The maximum atomic E-state index is 4.87. The number of nitrogens with one attached hydrogen (secondary N) is 2. The van der Waals surface area contributed by atoms with Gasteiger partial charge < -0.3 is 0 Å². The molecule has 220 valence electrons. The van der Waals surface area contributed by atoms with Crippen molar-refractivity contribution in [1.82, 2.24) is 20.4 Å². The molecule has 2 N–H and O–H groups in total. The molecule has 0 aliphatic carbocycles. The van der Waals surface area contributed by atoms with Gasteiger partial charge in [-0.2, -0.15) is 10.2 Å². The van der Waals surface area contributed by atoms with Crippen LogP contribution < -0.4 is 0 Å². The Labute approximate surface area is 264 Å². The van der Waals surface area contributed by atoms with Crippen molar-refractivity contribution in [2.75, 3.05) is 0 Å². The van der Waals surface area contributed by atoms with Crippen molar-refractivity contribution in [2.24, 2.45) is 0 Å². The van der Waals surface area contributed by atoms with E-state index in [0.717, 1.165) is 57.9 Å². The van der Waals surface area contributed by atoms with Crippen LogP contribution in [0.25, 0.3) is 45.0 Å². The Balaban J connectivity index is 1.36. The third kappa shape index (κ3) is 5.51. The van der Waals surface area contributed by atoms with Gasteiger partial charge in [-0.15, -0.1) is 0 Å². The van der Waals surface area contributed by atoms with E-state index >= 15 is 0 Å². The van der Waals surface area contributed by atoms with E-state index < -0.39 is 0 Å². The molecule has 0 spiro atoms. The van der Waals surface area contributed by atoms with Crippen LogP contribution in [0.15, 0.2) is 127 Å². The Morgan fingerprint density at radius 2 is 0.756 bits per heavy atom. The van der Waals surface area contributed by atoms with Crippen molar-refractivity contribution in [3.05, 3.63) is 166 Å². The molecule has 0 aliphatic rings. The zero-order valence-electron chi connectivity index (χ0n) is 25.9. The van der Waals surface area contributed by atoms with Crippen molar-refractivity contribution >= 4 is 0 Å². The van der Waals surface area contributed by atoms with Gasteiger partial charge in [0, 0.05) is 35.1 Å². The summed E-state index contributed by atoms with van der Waals surface area (Å²) in [4.78, 5) is 0. The van der Waals surface area contributed by atoms with E-state index in [1.54, 1.807) is 0 Å². The second-order valence-electron chi connectivity index (χ2n) is 11.8. The molecule has 0 saturated heterocycles. The Morgan fingerprint density at radius 3 is 1.11 bits per heavy atom. The first kappa shape index (κ1) is 28.3. The fraction of sp³-hybridized carbons (Fsp3) is 0.122. The van der Waals surface area contributed by atoms with Crippen molar-refractivity contribution in [3.63, 3.8) is 0 Å². The molecule has 0 bridgehead atoms. The smallest absolute Gasteiger partial charge is 0.0962 e. The number of aromatic amines is 2. The Hall–Kier alpha value is -5.48. The summed E-state index contributed by atoms with van der Waals surface area (Å²) in [6, 6.07) is 44.4. The number of H-pyrrole nitrogens is 2. The molecule has 0 unspecified atom stereocenters. The number of aromatic nitrogens is 4. The largest absolute Gasteiger partial charge is 0.277 e. The fourth-order valence-electron chi connectivity index (χ4n) is 6.60. The number of benzene rings is 5. The summed E-state index contributed by atoms with van der Waals surface area (Å²) in [5, 5.41) is 16.5. The van der Waals surface area contributed by atoms with Crippen molar-refractivity contribution in [1.29, 1.82) is 0 Å². The van der Waals surface area contributed by atoms with Crippen LogP contribution in [0.4, 0.5) is 0 Å². The molecule has 0 fully saturated rings. The molecule has 4 nitrogen and oxygen atoms in total. The molecular weight excluding hydrogens is 548 g/mol. The van der Waals surface area contributed by atoms with E-state index in [9.17, 15) is 0 Å². The molecular formula is C41H36N4. The first-order valence-corrected chi connectivity index (χ1v) is 15.5. The van der Waals surface area contributed by atoms with E-state index in [1.165, 1.54) is 38.9 Å². The van der Waals surface area contributed by atoms with Crippen LogP contribution >= 0.6 is 0 Å². The lowest BCUT2D eigenvalue weighted by Gasteiger charge is -2.19. The van der Waals surface area contributed by atoms with Gasteiger partial charge >= 0.3 is 0 Å². The molecule has 0 radical (unpaired) electrons. The minimum Gasteiger partial charge on any atom is -0.277 e. The monoisotopic (exact) mass is 584 g/mol. The van der Waals surface area contributed by atoms with Crippen molar-refractivity contribution in [2.45, 2.75) is 33.6 Å². The molecule has 0 atom stereocenters. The van der Waals surface area contributed by atoms with Gasteiger partial charge in [-0.3, -0.25) is 10.2 Å². The fourth-order valence-corrected chi connectivity index (χ4v) is 6.60. The van der Waals surface area contributed by atoms with Gasteiger partial charge in [0.25, 0.3) is 0 Å². The third-order valence-corrected chi connectivity index (χ3v) is 8.95. The average Bonchev–Trinajstić information content (AvgIpc) is 3.71. The first-order valence-electron chi connectivity index (χ1n) is 15.5. The maximum Gasteiger partial charge on any atom is 0.0962 e. The second-order valence-corrected chi connectivity index (χ2v) is 11.8. The summed E-state index contributed by atoms with van der Waals surface area (Å²) in [5.74, 6) is 0. The lowest BCUT2D eigenvalue weighted by atomic mass is 9.85. The van der Waals surface area contributed by atoms with E-state index in [1.807, 2.05) is 0 Å². The topological polar surface area (TPSA) is 57.4 Å². The summed E-state index contributed by atoms with van der Waals surface area (Å²) in [5.41, 5.74) is 17.7. The number of rotatable bonds is 8. The standard InChI is InChI=1S/C41H36N4/c1-27-24-28(2)35(26-37-40(32-20-12-6-13-21-32)44-45-41(37)33-22-14-7-15-23-33)29(3)34(27)25-36-38(30-16-8-4-9-17-30)42-43-39(36)31-18-10-5-11-19-31/h4-24H,25-26H2,1-3H3,(H,42,43)(H,44,45). The van der Waals surface area contributed by atoms with Crippen LogP contribution in [0.3, 0.4) is 0 Å². The normalized spacial score (nSPS) is 11.2. The van der Waals surface area contributed by atoms with Crippen LogP contribution in [-0.2, 0) is 12.8 Å². The molecule has 7 rings (SSSR count). The van der Waals surface area contributed by atoms with Gasteiger partial charge in [-0.05, 0) is 59.7 Å².